The highest BCUT2D eigenvalue weighted by Crippen LogP contribution is 2.26. The molecule has 0 aliphatic rings. The Labute approximate surface area is 109 Å². The van der Waals surface area contributed by atoms with Crippen molar-refractivity contribution < 1.29 is 9.90 Å². The molecule has 0 saturated carbocycles. The zero-order valence-electron chi connectivity index (χ0n) is 8.50. The summed E-state index contributed by atoms with van der Waals surface area (Å²) in [5, 5.41) is 11.1. The summed E-state index contributed by atoms with van der Waals surface area (Å²) in [5.74, 6) is -1.09. The lowest BCUT2D eigenvalue weighted by atomic mass is 10.2. The van der Waals surface area contributed by atoms with Crippen molar-refractivity contribution in [1.82, 2.24) is 9.97 Å². The van der Waals surface area contributed by atoms with Crippen LogP contribution in [-0.4, -0.2) is 21.0 Å². The first kappa shape index (κ1) is 12.2. The molecule has 0 amide bonds. The standard InChI is InChI=1S/C10H8BrN3O2S/c11-6-1-5(2-13-3-6)9-14-7(4-17-9)8(12)10(15)16/h1-4,8H,12H2,(H,15,16). The number of hydrogen-bond donors (Lipinski definition) is 2. The summed E-state index contributed by atoms with van der Waals surface area (Å²) in [4.78, 5) is 18.9. The number of carbonyl (C=O) groups is 1. The van der Waals surface area contributed by atoms with E-state index >= 15 is 0 Å². The first-order valence-corrected chi connectivity index (χ1v) is 6.30. The maximum Gasteiger partial charge on any atom is 0.326 e. The van der Waals surface area contributed by atoms with Gasteiger partial charge in [-0.15, -0.1) is 11.3 Å². The first-order valence-electron chi connectivity index (χ1n) is 4.62. The predicted molar refractivity (Wildman–Crippen MR) is 67.6 cm³/mol. The molecule has 0 aliphatic carbocycles. The van der Waals surface area contributed by atoms with E-state index in [-0.39, 0.29) is 0 Å². The molecular formula is C10H8BrN3O2S. The minimum Gasteiger partial charge on any atom is -0.480 e. The molecule has 2 heterocycles. The van der Waals surface area contributed by atoms with Crippen molar-refractivity contribution in [2.24, 2.45) is 5.73 Å². The van der Waals surface area contributed by atoms with E-state index in [9.17, 15) is 4.79 Å². The third-order valence-electron chi connectivity index (χ3n) is 2.06. The van der Waals surface area contributed by atoms with Crippen molar-refractivity contribution in [3.05, 3.63) is 34.0 Å². The summed E-state index contributed by atoms with van der Waals surface area (Å²) >= 11 is 4.66. The number of rotatable bonds is 3. The van der Waals surface area contributed by atoms with E-state index in [0.717, 1.165) is 10.0 Å². The van der Waals surface area contributed by atoms with Gasteiger partial charge in [0.25, 0.3) is 0 Å². The van der Waals surface area contributed by atoms with E-state index in [1.54, 1.807) is 17.8 Å². The van der Waals surface area contributed by atoms with Crippen LogP contribution in [0, 0.1) is 0 Å². The number of aliphatic carboxylic acids is 1. The molecule has 1 atom stereocenters. The lowest BCUT2D eigenvalue weighted by Gasteiger charge is -2.00. The van der Waals surface area contributed by atoms with Gasteiger partial charge in [-0.3, -0.25) is 9.78 Å². The van der Waals surface area contributed by atoms with Gasteiger partial charge in [0.15, 0.2) is 0 Å². The molecule has 7 heteroatoms. The number of nitrogens with two attached hydrogens (primary N) is 1. The molecular weight excluding hydrogens is 306 g/mol. The minimum atomic E-state index is -1.09. The largest absolute Gasteiger partial charge is 0.480 e. The van der Waals surface area contributed by atoms with E-state index in [4.69, 9.17) is 10.8 Å². The van der Waals surface area contributed by atoms with Gasteiger partial charge < -0.3 is 10.8 Å². The molecule has 3 N–H and O–H groups in total. The van der Waals surface area contributed by atoms with Crippen LogP contribution in [0.3, 0.4) is 0 Å². The summed E-state index contributed by atoms with van der Waals surface area (Å²) in [6, 6.07) is 0.780. The first-order chi connectivity index (χ1) is 8.08. The fourth-order valence-electron chi connectivity index (χ4n) is 1.22. The summed E-state index contributed by atoms with van der Waals surface area (Å²) < 4.78 is 0.842. The summed E-state index contributed by atoms with van der Waals surface area (Å²) in [7, 11) is 0. The van der Waals surface area contributed by atoms with Crippen LogP contribution in [0.4, 0.5) is 0 Å². The van der Waals surface area contributed by atoms with Gasteiger partial charge in [0.05, 0.1) is 5.69 Å². The van der Waals surface area contributed by atoms with Crippen molar-refractivity contribution in [2.75, 3.05) is 0 Å². The lowest BCUT2D eigenvalue weighted by molar-refractivity contribution is -0.138. The monoisotopic (exact) mass is 313 g/mol. The fraction of sp³-hybridized carbons (Fsp3) is 0.100. The quantitative estimate of drug-likeness (QED) is 0.905. The van der Waals surface area contributed by atoms with Crippen LogP contribution in [0.15, 0.2) is 28.3 Å². The summed E-state index contributed by atoms with van der Waals surface area (Å²) in [5.41, 5.74) is 6.66. The number of carboxylic acids is 1. The van der Waals surface area contributed by atoms with Gasteiger partial charge in [0, 0.05) is 27.8 Å². The van der Waals surface area contributed by atoms with Crippen LogP contribution in [-0.2, 0) is 4.79 Å². The number of nitrogens with zero attached hydrogens (tertiary/aromatic N) is 2. The van der Waals surface area contributed by atoms with E-state index in [1.807, 2.05) is 6.07 Å². The Kier molecular flexibility index (Phi) is 3.51. The van der Waals surface area contributed by atoms with Crippen LogP contribution >= 0.6 is 27.3 Å². The molecule has 0 bridgehead atoms. The van der Waals surface area contributed by atoms with Crippen molar-refractivity contribution in [1.29, 1.82) is 0 Å². The van der Waals surface area contributed by atoms with Gasteiger partial charge in [0.1, 0.15) is 11.0 Å². The van der Waals surface area contributed by atoms with Crippen LogP contribution in [0.25, 0.3) is 10.6 Å². The van der Waals surface area contributed by atoms with Gasteiger partial charge in [-0.2, -0.15) is 0 Å². The number of thiazole rings is 1. The molecule has 5 nitrogen and oxygen atoms in total. The SMILES string of the molecule is NC(C(=O)O)c1csc(-c2cncc(Br)c2)n1. The zero-order valence-corrected chi connectivity index (χ0v) is 10.9. The number of hydrogen-bond acceptors (Lipinski definition) is 5. The predicted octanol–water partition coefficient (Wildman–Crippen LogP) is 2.05. The van der Waals surface area contributed by atoms with Crippen molar-refractivity contribution in [3.63, 3.8) is 0 Å². The highest BCUT2D eigenvalue weighted by atomic mass is 79.9. The van der Waals surface area contributed by atoms with E-state index in [1.165, 1.54) is 11.3 Å². The Morgan fingerprint density at radius 2 is 2.29 bits per heavy atom. The maximum absolute atomic E-state index is 10.7. The van der Waals surface area contributed by atoms with Crippen LogP contribution < -0.4 is 5.73 Å². The molecule has 2 aromatic heterocycles. The fourth-order valence-corrected chi connectivity index (χ4v) is 2.42. The molecule has 0 radical (unpaired) electrons. The van der Waals surface area contributed by atoms with Crippen LogP contribution in [0.1, 0.15) is 11.7 Å². The molecule has 88 valence electrons. The molecule has 0 aliphatic heterocycles. The molecule has 2 aromatic rings. The van der Waals surface area contributed by atoms with Crippen LogP contribution in [0.5, 0.6) is 0 Å². The molecule has 0 fully saturated rings. The molecule has 0 saturated heterocycles. The second kappa shape index (κ2) is 4.91. The van der Waals surface area contributed by atoms with Gasteiger partial charge in [-0.25, -0.2) is 4.98 Å². The Morgan fingerprint density at radius 1 is 1.53 bits per heavy atom. The average Bonchev–Trinajstić information content (AvgIpc) is 2.77. The van der Waals surface area contributed by atoms with E-state index in [2.05, 4.69) is 25.9 Å². The van der Waals surface area contributed by atoms with Crippen LogP contribution in [0.2, 0.25) is 0 Å². The Morgan fingerprint density at radius 3 is 2.94 bits per heavy atom. The average molecular weight is 314 g/mol. The van der Waals surface area contributed by atoms with Gasteiger partial charge in [0.2, 0.25) is 0 Å². The van der Waals surface area contributed by atoms with E-state index < -0.39 is 12.0 Å². The number of halogens is 1. The van der Waals surface area contributed by atoms with E-state index in [0.29, 0.717) is 10.7 Å². The maximum atomic E-state index is 10.7. The molecule has 0 spiro atoms. The van der Waals surface area contributed by atoms with Gasteiger partial charge in [-0.1, -0.05) is 0 Å². The minimum absolute atomic E-state index is 0.359. The lowest BCUT2D eigenvalue weighted by Crippen LogP contribution is -2.20. The number of aromatic nitrogens is 2. The van der Waals surface area contributed by atoms with Crippen molar-refractivity contribution in [2.45, 2.75) is 6.04 Å². The summed E-state index contributed by atoms with van der Waals surface area (Å²) in [6.45, 7) is 0. The topological polar surface area (TPSA) is 89.1 Å². The van der Waals surface area contributed by atoms with Gasteiger partial charge in [-0.05, 0) is 22.0 Å². The molecule has 1 unspecified atom stereocenters. The number of carboxylic acid groups (broad SMARTS) is 1. The highest BCUT2D eigenvalue weighted by molar-refractivity contribution is 9.10. The third-order valence-corrected chi connectivity index (χ3v) is 3.40. The highest BCUT2D eigenvalue weighted by Gasteiger charge is 2.18. The zero-order chi connectivity index (χ0) is 12.4. The third kappa shape index (κ3) is 2.68. The molecule has 2 rings (SSSR count). The smallest absolute Gasteiger partial charge is 0.326 e. The Hall–Kier alpha value is -1.31. The van der Waals surface area contributed by atoms with Gasteiger partial charge >= 0.3 is 5.97 Å². The Balaban J connectivity index is 2.33. The number of pyridine rings is 1. The molecule has 0 aromatic carbocycles. The second-order valence-corrected chi connectivity index (χ2v) is 5.06. The molecule has 17 heavy (non-hydrogen) atoms. The Bertz CT molecular complexity index is 558. The normalized spacial score (nSPS) is 12.4. The van der Waals surface area contributed by atoms with Crippen molar-refractivity contribution in [3.8, 4) is 10.6 Å². The van der Waals surface area contributed by atoms with Crippen molar-refractivity contribution >= 4 is 33.2 Å². The summed E-state index contributed by atoms with van der Waals surface area (Å²) in [6.07, 6.45) is 3.33. The second-order valence-electron chi connectivity index (χ2n) is 3.29.